The molecule has 0 radical (unpaired) electrons. The van der Waals surface area contributed by atoms with Gasteiger partial charge in [-0.1, -0.05) is 6.08 Å². The van der Waals surface area contributed by atoms with Crippen LogP contribution in [-0.4, -0.2) is 6.04 Å². The Labute approximate surface area is 100 Å². The first kappa shape index (κ1) is 13.1. The molecule has 1 aromatic rings. The molecule has 5 heteroatoms. The van der Waals surface area contributed by atoms with Gasteiger partial charge in [-0.2, -0.15) is 13.2 Å². The number of rotatable bonds is 3. The maximum atomic E-state index is 12.5. The van der Waals surface area contributed by atoms with Gasteiger partial charge >= 0.3 is 6.18 Å². The standard InChI is InChI=1S/C11H11BrF3N/c1-3-7(2)16-10-6-8(11(13,14)15)4-5-9(10)12/h3-7,16H,1H2,2H3. The molecular formula is C11H11BrF3N. The van der Waals surface area contributed by atoms with Gasteiger partial charge in [0.15, 0.2) is 0 Å². The maximum Gasteiger partial charge on any atom is 0.416 e. The van der Waals surface area contributed by atoms with E-state index < -0.39 is 11.7 Å². The van der Waals surface area contributed by atoms with Crippen LogP contribution in [0.2, 0.25) is 0 Å². The summed E-state index contributed by atoms with van der Waals surface area (Å²) < 4.78 is 38.0. The van der Waals surface area contributed by atoms with Crippen LogP contribution >= 0.6 is 15.9 Å². The van der Waals surface area contributed by atoms with Gasteiger partial charge in [-0.3, -0.25) is 0 Å². The molecule has 0 amide bonds. The Morgan fingerprint density at radius 2 is 2.06 bits per heavy atom. The fourth-order valence-corrected chi connectivity index (χ4v) is 1.48. The summed E-state index contributed by atoms with van der Waals surface area (Å²) in [4.78, 5) is 0. The molecule has 0 saturated carbocycles. The quantitative estimate of drug-likeness (QED) is 0.812. The molecule has 0 aromatic heterocycles. The van der Waals surface area contributed by atoms with Gasteiger partial charge in [0, 0.05) is 16.2 Å². The topological polar surface area (TPSA) is 12.0 Å². The zero-order chi connectivity index (χ0) is 12.3. The SMILES string of the molecule is C=CC(C)Nc1cc(C(F)(F)F)ccc1Br. The predicted molar refractivity (Wildman–Crippen MR) is 62.4 cm³/mol. The highest BCUT2D eigenvalue weighted by atomic mass is 79.9. The van der Waals surface area contributed by atoms with Crippen molar-refractivity contribution in [1.82, 2.24) is 0 Å². The molecule has 1 rings (SSSR count). The van der Waals surface area contributed by atoms with Gasteiger partial charge in [0.2, 0.25) is 0 Å². The van der Waals surface area contributed by atoms with Gasteiger partial charge in [-0.25, -0.2) is 0 Å². The van der Waals surface area contributed by atoms with E-state index >= 15 is 0 Å². The summed E-state index contributed by atoms with van der Waals surface area (Å²) in [5.41, 5.74) is -0.267. The van der Waals surface area contributed by atoms with Crippen molar-refractivity contribution in [3.63, 3.8) is 0 Å². The van der Waals surface area contributed by atoms with E-state index in [1.807, 2.05) is 0 Å². The van der Waals surface area contributed by atoms with Crippen molar-refractivity contribution >= 4 is 21.6 Å². The number of benzene rings is 1. The summed E-state index contributed by atoms with van der Waals surface area (Å²) in [6.45, 7) is 5.36. The molecule has 1 N–H and O–H groups in total. The number of hydrogen-bond donors (Lipinski definition) is 1. The van der Waals surface area contributed by atoms with Crippen LogP contribution in [0.15, 0.2) is 35.3 Å². The second-order valence-corrected chi connectivity index (χ2v) is 4.22. The van der Waals surface area contributed by atoms with Gasteiger partial charge in [0.05, 0.1) is 5.56 Å². The number of halogens is 4. The minimum Gasteiger partial charge on any atom is -0.378 e. The molecule has 0 heterocycles. The summed E-state index contributed by atoms with van der Waals surface area (Å²) in [6, 6.07) is 3.39. The number of nitrogens with one attached hydrogen (secondary N) is 1. The van der Waals surface area contributed by atoms with Crippen LogP contribution in [0.1, 0.15) is 12.5 Å². The highest BCUT2D eigenvalue weighted by molar-refractivity contribution is 9.10. The summed E-state index contributed by atoms with van der Waals surface area (Å²) >= 11 is 3.19. The van der Waals surface area contributed by atoms with Gasteiger partial charge in [0.25, 0.3) is 0 Å². The minimum atomic E-state index is -4.32. The maximum absolute atomic E-state index is 12.5. The molecule has 1 nitrogen and oxygen atoms in total. The molecule has 0 spiro atoms. The van der Waals surface area contributed by atoms with Crippen molar-refractivity contribution in [1.29, 1.82) is 0 Å². The summed E-state index contributed by atoms with van der Waals surface area (Å²) in [6.07, 6.45) is -2.71. The van der Waals surface area contributed by atoms with E-state index in [9.17, 15) is 13.2 Å². The molecule has 16 heavy (non-hydrogen) atoms. The van der Waals surface area contributed by atoms with E-state index in [1.165, 1.54) is 6.07 Å². The largest absolute Gasteiger partial charge is 0.416 e. The Morgan fingerprint density at radius 3 is 2.56 bits per heavy atom. The first-order chi connectivity index (χ1) is 7.34. The lowest BCUT2D eigenvalue weighted by Gasteiger charge is -2.15. The van der Waals surface area contributed by atoms with Crippen molar-refractivity contribution in [3.05, 3.63) is 40.9 Å². The van der Waals surface area contributed by atoms with Crippen molar-refractivity contribution in [2.45, 2.75) is 19.1 Å². The van der Waals surface area contributed by atoms with Crippen LogP contribution in [0.3, 0.4) is 0 Å². The predicted octanol–water partition coefficient (Wildman–Crippen LogP) is 4.45. The van der Waals surface area contributed by atoms with Crippen LogP contribution in [-0.2, 0) is 6.18 Å². The van der Waals surface area contributed by atoms with Gasteiger partial charge in [-0.05, 0) is 41.1 Å². The van der Waals surface area contributed by atoms with Crippen LogP contribution in [0, 0.1) is 0 Å². The summed E-state index contributed by atoms with van der Waals surface area (Å²) in [7, 11) is 0. The highest BCUT2D eigenvalue weighted by Gasteiger charge is 2.30. The van der Waals surface area contributed by atoms with Gasteiger partial charge in [0.1, 0.15) is 0 Å². The monoisotopic (exact) mass is 293 g/mol. The second-order valence-electron chi connectivity index (χ2n) is 3.36. The lowest BCUT2D eigenvalue weighted by atomic mass is 10.2. The molecule has 1 aromatic carbocycles. The molecule has 0 bridgehead atoms. The fraction of sp³-hybridized carbons (Fsp3) is 0.273. The van der Waals surface area contributed by atoms with E-state index in [4.69, 9.17) is 0 Å². The Morgan fingerprint density at radius 1 is 1.44 bits per heavy atom. The average Bonchev–Trinajstić information content (AvgIpc) is 2.19. The normalized spacial score (nSPS) is 13.3. The molecular weight excluding hydrogens is 283 g/mol. The van der Waals surface area contributed by atoms with Crippen molar-refractivity contribution in [2.75, 3.05) is 5.32 Å². The lowest BCUT2D eigenvalue weighted by molar-refractivity contribution is -0.137. The fourth-order valence-electron chi connectivity index (χ4n) is 1.12. The third-order valence-electron chi connectivity index (χ3n) is 2.03. The molecule has 0 aliphatic rings. The van der Waals surface area contributed by atoms with E-state index in [0.717, 1.165) is 12.1 Å². The third kappa shape index (κ3) is 3.27. The molecule has 1 atom stereocenters. The number of alkyl halides is 3. The Bertz CT molecular complexity index is 387. The van der Waals surface area contributed by atoms with Gasteiger partial charge in [-0.15, -0.1) is 6.58 Å². The highest BCUT2D eigenvalue weighted by Crippen LogP contribution is 2.34. The van der Waals surface area contributed by atoms with E-state index in [2.05, 4.69) is 27.8 Å². The Hall–Kier alpha value is -0.970. The molecule has 1 unspecified atom stereocenters. The molecule has 88 valence electrons. The summed E-state index contributed by atoms with van der Waals surface area (Å²) in [5.74, 6) is 0. The first-order valence-corrected chi connectivity index (χ1v) is 5.39. The minimum absolute atomic E-state index is 0.0974. The van der Waals surface area contributed by atoms with Gasteiger partial charge < -0.3 is 5.32 Å². The van der Waals surface area contributed by atoms with E-state index in [0.29, 0.717) is 10.2 Å². The van der Waals surface area contributed by atoms with E-state index in [1.54, 1.807) is 13.0 Å². The van der Waals surface area contributed by atoms with Crippen molar-refractivity contribution < 1.29 is 13.2 Å². The smallest absolute Gasteiger partial charge is 0.378 e. The first-order valence-electron chi connectivity index (χ1n) is 4.60. The van der Waals surface area contributed by atoms with Crippen molar-refractivity contribution in [3.8, 4) is 0 Å². The van der Waals surface area contributed by atoms with E-state index in [-0.39, 0.29) is 6.04 Å². The number of hydrogen-bond acceptors (Lipinski definition) is 1. The molecule has 0 fully saturated rings. The van der Waals surface area contributed by atoms with Crippen LogP contribution in [0.4, 0.5) is 18.9 Å². The summed E-state index contributed by atoms with van der Waals surface area (Å²) in [5, 5.41) is 2.91. The van der Waals surface area contributed by atoms with Crippen LogP contribution in [0.25, 0.3) is 0 Å². The Balaban J connectivity index is 3.04. The van der Waals surface area contributed by atoms with Crippen LogP contribution < -0.4 is 5.32 Å². The lowest BCUT2D eigenvalue weighted by Crippen LogP contribution is -2.13. The van der Waals surface area contributed by atoms with Crippen LogP contribution in [0.5, 0.6) is 0 Å². The number of anilines is 1. The zero-order valence-corrected chi connectivity index (χ0v) is 10.2. The molecule has 0 aliphatic carbocycles. The van der Waals surface area contributed by atoms with Crippen molar-refractivity contribution in [2.24, 2.45) is 0 Å². The molecule has 0 saturated heterocycles. The average molecular weight is 294 g/mol. The second kappa shape index (κ2) is 4.91. The zero-order valence-electron chi connectivity index (χ0n) is 8.61. The third-order valence-corrected chi connectivity index (χ3v) is 2.72. The Kier molecular flexibility index (Phi) is 4.02. The molecule has 0 aliphatic heterocycles.